The second kappa shape index (κ2) is 4.66. The molecule has 3 rings (SSSR count). The third kappa shape index (κ3) is 2.21. The minimum atomic E-state index is 0.249. The molecule has 4 nitrogen and oxygen atoms in total. The predicted molar refractivity (Wildman–Crippen MR) is 79.4 cm³/mol. The van der Waals surface area contributed by atoms with Crippen LogP contribution in [0.1, 0.15) is 23.4 Å². The van der Waals surface area contributed by atoms with Crippen LogP contribution in [-0.4, -0.2) is 14.5 Å². The Labute approximate surface area is 115 Å². The van der Waals surface area contributed by atoms with Gasteiger partial charge in [-0.1, -0.05) is 6.07 Å². The van der Waals surface area contributed by atoms with Crippen LogP contribution in [-0.2, 0) is 6.42 Å². The first kappa shape index (κ1) is 12.2. The molecule has 0 radical (unpaired) electrons. The third-order valence-corrected chi connectivity index (χ3v) is 4.11. The van der Waals surface area contributed by atoms with Gasteiger partial charge in [-0.3, -0.25) is 4.57 Å². The summed E-state index contributed by atoms with van der Waals surface area (Å²) >= 11 is 1.77. The lowest BCUT2D eigenvalue weighted by Crippen LogP contribution is -2.11. The molecule has 5 heteroatoms. The van der Waals surface area contributed by atoms with Crippen LogP contribution in [0.5, 0.6) is 0 Å². The first-order chi connectivity index (χ1) is 9.15. The van der Waals surface area contributed by atoms with Gasteiger partial charge in [0, 0.05) is 23.5 Å². The van der Waals surface area contributed by atoms with E-state index >= 15 is 0 Å². The molecule has 2 N–H and O–H groups in total. The van der Waals surface area contributed by atoms with Gasteiger partial charge in [-0.25, -0.2) is 9.97 Å². The smallest absolute Gasteiger partial charge is 0.202 e. The summed E-state index contributed by atoms with van der Waals surface area (Å²) in [6, 6.07) is 6.49. The van der Waals surface area contributed by atoms with Gasteiger partial charge in [-0.05, 0) is 36.9 Å². The van der Waals surface area contributed by atoms with Crippen LogP contribution >= 0.6 is 11.3 Å². The number of nitrogens with two attached hydrogens (primary N) is 1. The van der Waals surface area contributed by atoms with E-state index in [1.54, 1.807) is 11.3 Å². The van der Waals surface area contributed by atoms with Crippen molar-refractivity contribution in [1.29, 1.82) is 0 Å². The molecule has 3 aromatic rings. The molecule has 3 heterocycles. The number of nitrogen functional groups attached to an aromatic ring is 1. The number of imidazole rings is 1. The Morgan fingerprint density at radius 3 is 3.05 bits per heavy atom. The van der Waals surface area contributed by atoms with Crippen LogP contribution in [0.25, 0.3) is 11.2 Å². The molecule has 0 fully saturated rings. The lowest BCUT2D eigenvalue weighted by molar-refractivity contribution is 0.567. The summed E-state index contributed by atoms with van der Waals surface area (Å²) in [5.41, 5.74) is 8.89. The van der Waals surface area contributed by atoms with E-state index in [4.69, 9.17) is 5.73 Å². The number of fused-ring (bicyclic) bond motifs is 1. The molecule has 19 heavy (non-hydrogen) atoms. The Bertz CT molecular complexity index is 700. The molecule has 0 saturated carbocycles. The predicted octanol–water partition coefficient (Wildman–Crippen LogP) is 3.19. The van der Waals surface area contributed by atoms with Crippen molar-refractivity contribution in [3.63, 3.8) is 0 Å². The number of hydrogen-bond acceptors (Lipinski definition) is 4. The molecule has 0 aromatic carbocycles. The largest absolute Gasteiger partial charge is 0.369 e. The third-order valence-electron chi connectivity index (χ3n) is 3.21. The minimum absolute atomic E-state index is 0.249. The van der Waals surface area contributed by atoms with Crippen molar-refractivity contribution >= 4 is 28.4 Å². The van der Waals surface area contributed by atoms with E-state index in [-0.39, 0.29) is 6.04 Å². The number of thiophene rings is 1. The molecule has 0 aliphatic rings. The molecular weight excluding hydrogens is 256 g/mol. The van der Waals surface area contributed by atoms with Crippen LogP contribution in [0.4, 0.5) is 5.95 Å². The monoisotopic (exact) mass is 272 g/mol. The maximum Gasteiger partial charge on any atom is 0.202 e. The zero-order valence-corrected chi connectivity index (χ0v) is 11.8. The second-order valence-electron chi connectivity index (χ2n) is 4.83. The molecule has 0 bridgehead atoms. The average molecular weight is 272 g/mol. The highest BCUT2D eigenvalue weighted by Gasteiger charge is 2.15. The molecule has 1 atom stereocenters. The number of pyridine rings is 1. The number of hydrogen-bond donors (Lipinski definition) is 1. The molecule has 0 spiro atoms. The van der Waals surface area contributed by atoms with Crippen molar-refractivity contribution in [3.05, 3.63) is 40.2 Å². The van der Waals surface area contributed by atoms with Gasteiger partial charge < -0.3 is 5.73 Å². The first-order valence-corrected chi connectivity index (χ1v) is 7.15. The average Bonchev–Trinajstić information content (AvgIpc) is 2.95. The fourth-order valence-electron chi connectivity index (χ4n) is 2.35. The van der Waals surface area contributed by atoms with Crippen LogP contribution < -0.4 is 5.73 Å². The lowest BCUT2D eigenvalue weighted by Gasteiger charge is -2.14. The van der Waals surface area contributed by atoms with E-state index in [0.717, 1.165) is 23.1 Å². The summed E-state index contributed by atoms with van der Waals surface area (Å²) in [4.78, 5) is 10.2. The fourth-order valence-corrected chi connectivity index (χ4v) is 3.17. The topological polar surface area (TPSA) is 56.7 Å². The number of aromatic nitrogens is 3. The first-order valence-electron chi connectivity index (χ1n) is 6.27. The van der Waals surface area contributed by atoms with E-state index in [2.05, 4.69) is 34.4 Å². The van der Waals surface area contributed by atoms with Crippen molar-refractivity contribution in [2.75, 3.05) is 5.73 Å². The quantitative estimate of drug-likeness (QED) is 0.796. The van der Waals surface area contributed by atoms with E-state index in [9.17, 15) is 0 Å². The van der Waals surface area contributed by atoms with Crippen molar-refractivity contribution in [2.24, 2.45) is 0 Å². The standard InChI is InChI=1S/C14H16N4S/c1-9-6-12-13(16-8-9)18(14(15)17-12)10(2)7-11-4-3-5-19-11/h3-6,8,10H,7H2,1-2H3,(H2,15,17). The van der Waals surface area contributed by atoms with Crippen LogP contribution in [0.3, 0.4) is 0 Å². The summed E-state index contributed by atoms with van der Waals surface area (Å²) in [6.45, 7) is 4.16. The van der Waals surface area contributed by atoms with Gasteiger partial charge in [0.25, 0.3) is 0 Å². The normalized spacial score (nSPS) is 12.9. The summed E-state index contributed by atoms with van der Waals surface area (Å²) in [7, 11) is 0. The van der Waals surface area contributed by atoms with Gasteiger partial charge in [0.05, 0.1) is 0 Å². The maximum absolute atomic E-state index is 6.05. The Kier molecular flexibility index (Phi) is 2.98. The number of aryl methyl sites for hydroxylation is 1. The Morgan fingerprint density at radius 1 is 1.47 bits per heavy atom. The number of anilines is 1. The van der Waals surface area contributed by atoms with E-state index in [1.807, 2.05) is 23.8 Å². The Balaban J connectivity index is 2.01. The van der Waals surface area contributed by atoms with Crippen molar-refractivity contribution in [3.8, 4) is 0 Å². The summed E-state index contributed by atoms with van der Waals surface area (Å²) in [5.74, 6) is 0.539. The summed E-state index contributed by atoms with van der Waals surface area (Å²) in [6.07, 6.45) is 2.81. The van der Waals surface area contributed by atoms with Crippen LogP contribution in [0.2, 0.25) is 0 Å². The molecular formula is C14H16N4S. The van der Waals surface area contributed by atoms with E-state index in [1.165, 1.54) is 4.88 Å². The van der Waals surface area contributed by atoms with E-state index < -0.39 is 0 Å². The Hall–Kier alpha value is -1.88. The lowest BCUT2D eigenvalue weighted by atomic mass is 10.2. The fraction of sp³-hybridized carbons (Fsp3) is 0.286. The maximum atomic E-state index is 6.05. The molecule has 0 amide bonds. The number of nitrogens with zero attached hydrogens (tertiary/aromatic N) is 3. The highest BCUT2D eigenvalue weighted by molar-refractivity contribution is 7.09. The van der Waals surface area contributed by atoms with Crippen LogP contribution in [0.15, 0.2) is 29.8 Å². The molecule has 0 saturated heterocycles. The molecule has 0 aliphatic carbocycles. The molecule has 3 aromatic heterocycles. The number of rotatable bonds is 3. The van der Waals surface area contributed by atoms with Gasteiger partial charge in [-0.15, -0.1) is 11.3 Å². The van der Waals surface area contributed by atoms with Crippen molar-refractivity contribution in [1.82, 2.24) is 14.5 Å². The van der Waals surface area contributed by atoms with Gasteiger partial charge in [0.15, 0.2) is 5.65 Å². The zero-order chi connectivity index (χ0) is 13.4. The zero-order valence-electron chi connectivity index (χ0n) is 11.0. The Morgan fingerprint density at radius 2 is 2.32 bits per heavy atom. The highest BCUT2D eigenvalue weighted by Crippen LogP contribution is 2.25. The molecule has 0 aliphatic heterocycles. The minimum Gasteiger partial charge on any atom is -0.369 e. The second-order valence-corrected chi connectivity index (χ2v) is 5.86. The SMILES string of the molecule is Cc1cnc2c(c1)nc(N)n2C(C)Cc1cccs1. The summed E-state index contributed by atoms with van der Waals surface area (Å²) in [5, 5.41) is 2.10. The van der Waals surface area contributed by atoms with Gasteiger partial charge in [0.1, 0.15) is 5.52 Å². The van der Waals surface area contributed by atoms with Gasteiger partial charge in [0.2, 0.25) is 5.95 Å². The highest BCUT2D eigenvalue weighted by atomic mass is 32.1. The molecule has 98 valence electrons. The summed E-state index contributed by atoms with van der Waals surface area (Å²) < 4.78 is 2.02. The van der Waals surface area contributed by atoms with Gasteiger partial charge in [-0.2, -0.15) is 0 Å². The van der Waals surface area contributed by atoms with Crippen LogP contribution in [0, 0.1) is 6.92 Å². The van der Waals surface area contributed by atoms with Crippen molar-refractivity contribution < 1.29 is 0 Å². The van der Waals surface area contributed by atoms with Crippen molar-refractivity contribution in [2.45, 2.75) is 26.3 Å². The van der Waals surface area contributed by atoms with Gasteiger partial charge >= 0.3 is 0 Å². The molecule has 1 unspecified atom stereocenters. The van der Waals surface area contributed by atoms with E-state index in [0.29, 0.717) is 5.95 Å².